The average Bonchev–Trinajstić information content (AvgIpc) is 3.73. The molecule has 2 aliphatic rings. The topological polar surface area (TPSA) is 105 Å². The molecule has 2 heterocycles. The van der Waals surface area contributed by atoms with Gasteiger partial charge in [0.1, 0.15) is 5.75 Å². The van der Waals surface area contributed by atoms with E-state index in [1.54, 1.807) is 35.2 Å². The second kappa shape index (κ2) is 11.6. The highest BCUT2D eigenvalue weighted by molar-refractivity contribution is 7.89. The number of hydrogen-bond acceptors (Lipinski definition) is 7. The van der Waals surface area contributed by atoms with Gasteiger partial charge in [0.2, 0.25) is 16.3 Å². The number of aliphatic hydroxyl groups excluding tert-OH is 1. The molecule has 2 aromatic rings. The quantitative estimate of drug-likeness (QED) is 0.440. The minimum atomic E-state index is -3.86. The number of hydrogen-bond donors (Lipinski definition) is 1. The van der Waals surface area contributed by atoms with E-state index in [0.717, 1.165) is 9.87 Å². The Morgan fingerprint density at radius 2 is 1.83 bits per heavy atom. The van der Waals surface area contributed by atoms with Crippen LogP contribution in [-0.4, -0.2) is 81.4 Å². The number of carbonyl (C=O) groups is 1. The monoisotopic (exact) mass is 536 g/mol. The van der Waals surface area contributed by atoms with Crippen LogP contribution >= 0.6 is 11.6 Å². The number of rotatable bonds is 11. The highest BCUT2D eigenvalue weighted by Crippen LogP contribution is 2.33. The number of carbonyl (C=O) groups excluding carboxylic acids is 1. The average molecular weight is 537 g/mol. The van der Waals surface area contributed by atoms with E-state index in [-0.39, 0.29) is 48.8 Å². The van der Waals surface area contributed by atoms with Crippen LogP contribution in [0.4, 0.5) is 0 Å². The summed E-state index contributed by atoms with van der Waals surface area (Å²) in [7, 11) is -2.36. The molecule has 9 nitrogen and oxygen atoms in total. The third kappa shape index (κ3) is 6.37. The van der Waals surface area contributed by atoms with Gasteiger partial charge in [-0.3, -0.25) is 4.79 Å². The van der Waals surface area contributed by atoms with E-state index in [0.29, 0.717) is 30.3 Å². The molecule has 1 saturated heterocycles. The zero-order valence-corrected chi connectivity index (χ0v) is 21.5. The van der Waals surface area contributed by atoms with Crippen LogP contribution in [0.5, 0.6) is 5.75 Å². The lowest BCUT2D eigenvalue weighted by atomic mass is 9.93. The molecule has 0 spiro atoms. The summed E-state index contributed by atoms with van der Waals surface area (Å²) in [6, 6.07) is 13.4. The molecular formula is C25H29ClN2O7S. The van der Waals surface area contributed by atoms with E-state index >= 15 is 0 Å². The highest BCUT2D eigenvalue weighted by Gasteiger charge is 2.34. The Morgan fingerprint density at radius 3 is 2.44 bits per heavy atom. The Balaban J connectivity index is 1.43. The van der Waals surface area contributed by atoms with Gasteiger partial charge in [0, 0.05) is 43.5 Å². The van der Waals surface area contributed by atoms with Crippen molar-refractivity contribution in [1.29, 1.82) is 0 Å². The van der Waals surface area contributed by atoms with E-state index in [1.807, 2.05) is 12.1 Å². The van der Waals surface area contributed by atoms with E-state index in [9.17, 15) is 18.3 Å². The molecule has 0 radical (unpaired) electrons. The normalized spacial score (nSPS) is 19.6. The van der Waals surface area contributed by atoms with Crippen molar-refractivity contribution in [2.45, 2.75) is 23.5 Å². The molecule has 11 heteroatoms. The maximum Gasteiger partial charge on any atom is 0.288 e. The maximum absolute atomic E-state index is 13.1. The lowest BCUT2D eigenvalue weighted by Crippen LogP contribution is -2.37. The highest BCUT2D eigenvalue weighted by atomic mass is 35.5. The van der Waals surface area contributed by atoms with Gasteiger partial charge in [-0.25, -0.2) is 8.42 Å². The summed E-state index contributed by atoms with van der Waals surface area (Å²) in [6.07, 6.45) is 1.51. The van der Waals surface area contributed by atoms with Crippen molar-refractivity contribution in [3.8, 4) is 5.75 Å². The maximum atomic E-state index is 13.1. The first-order valence-electron chi connectivity index (χ1n) is 11.6. The van der Waals surface area contributed by atoms with E-state index in [2.05, 4.69) is 0 Å². The van der Waals surface area contributed by atoms with Gasteiger partial charge < -0.3 is 24.2 Å². The number of allylic oxidation sites excluding steroid dienone is 1. The van der Waals surface area contributed by atoms with Crippen LogP contribution in [0.2, 0.25) is 5.02 Å². The summed E-state index contributed by atoms with van der Waals surface area (Å²) in [5.74, 6) is 0.445. The lowest BCUT2D eigenvalue weighted by Gasteiger charge is -2.30. The molecule has 1 amide bonds. The SMILES string of the molecule is COc1ccc(S(=O)(=O)N(CCO)CCO[C@@H]2C[C@H](c3ccc(Cl)cc3)C=C(C(=O)N3CC3)O2)cc1. The number of sulfonamides is 1. The molecule has 0 bridgehead atoms. The first-order chi connectivity index (χ1) is 17.3. The Hall–Kier alpha value is -2.63. The zero-order chi connectivity index (χ0) is 25.7. The predicted molar refractivity (Wildman–Crippen MR) is 133 cm³/mol. The van der Waals surface area contributed by atoms with Crippen LogP contribution in [-0.2, 0) is 24.3 Å². The van der Waals surface area contributed by atoms with Gasteiger partial charge in [0.15, 0.2) is 5.76 Å². The fraction of sp³-hybridized carbons (Fsp3) is 0.400. The molecule has 0 unspecified atom stereocenters. The van der Waals surface area contributed by atoms with E-state index < -0.39 is 16.3 Å². The summed E-state index contributed by atoms with van der Waals surface area (Å²) in [6.45, 7) is 0.963. The molecule has 4 rings (SSSR count). The molecule has 1 N–H and O–H groups in total. The first-order valence-corrected chi connectivity index (χ1v) is 13.4. The summed E-state index contributed by atoms with van der Waals surface area (Å²) in [4.78, 5) is 14.4. The van der Waals surface area contributed by atoms with Crippen molar-refractivity contribution in [2.24, 2.45) is 0 Å². The Morgan fingerprint density at radius 1 is 1.14 bits per heavy atom. The van der Waals surface area contributed by atoms with Crippen molar-refractivity contribution in [1.82, 2.24) is 9.21 Å². The first kappa shape index (κ1) is 26.4. The van der Waals surface area contributed by atoms with Crippen molar-refractivity contribution >= 4 is 27.5 Å². The molecule has 2 aliphatic heterocycles. The summed E-state index contributed by atoms with van der Waals surface area (Å²) < 4.78 is 44.2. The number of benzene rings is 2. The van der Waals surface area contributed by atoms with Crippen molar-refractivity contribution in [2.75, 3.05) is 46.5 Å². The molecule has 0 saturated carbocycles. The van der Waals surface area contributed by atoms with Crippen LogP contribution in [0, 0.1) is 0 Å². The molecule has 194 valence electrons. The minimum Gasteiger partial charge on any atom is -0.497 e. The van der Waals surface area contributed by atoms with Gasteiger partial charge >= 0.3 is 0 Å². The summed E-state index contributed by atoms with van der Waals surface area (Å²) in [5, 5.41) is 10.1. The number of methoxy groups -OCH3 is 1. The third-order valence-electron chi connectivity index (χ3n) is 5.99. The lowest BCUT2D eigenvalue weighted by molar-refractivity contribution is -0.149. The summed E-state index contributed by atoms with van der Waals surface area (Å²) >= 11 is 6.02. The van der Waals surface area contributed by atoms with Crippen LogP contribution in [0.3, 0.4) is 0 Å². The van der Waals surface area contributed by atoms with E-state index in [4.69, 9.17) is 25.8 Å². The van der Waals surface area contributed by atoms with Crippen LogP contribution < -0.4 is 4.74 Å². The van der Waals surface area contributed by atoms with Crippen LogP contribution in [0.1, 0.15) is 17.9 Å². The van der Waals surface area contributed by atoms with Gasteiger partial charge in [-0.2, -0.15) is 4.31 Å². The number of aliphatic hydroxyl groups is 1. The Kier molecular flexibility index (Phi) is 8.53. The Bertz CT molecular complexity index is 1180. The van der Waals surface area contributed by atoms with Gasteiger partial charge in [-0.05, 0) is 48.0 Å². The minimum absolute atomic E-state index is 0.000483. The second-order valence-electron chi connectivity index (χ2n) is 8.44. The third-order valence-corrected chi connectivity index (χ3v) is 8.16. The zero-order valence-electron chi connectivity index (χ0n) is 19.9. The number of amides is 1. The number of nitrogens with zero attached hydrogens (tertiary/aromatic N) is 2. The van der Waals surface area contributed by atoms with Crippen LogP contribution in [0.25, 0.3) is 0 Å². The molecule has 1 fully saturated rings. The summed E-state index contributed by atoms with van der Waals surface area (Å²) in [5.41, 5.74) is 0.969. The van der Waals surface area contributed by atoms with Crippen molar-refractivity contribution in [3.63, 3.8) is 0 Å². The smallest absolute Gasteiger partial charge is 0.288 e. The van der Waals surface area contributed by atoms with Crippen molar-refractivity contribution in [3.05, 3.63) is 71.0 Å². The predicted octanol–water partition coefficient (Wildman–Crippen LogP) is 2.60. The Labute approximate surface area is 215 Å². The molecule has 36 heavy (non-hydrogen) atoms. The molecule has 0 aromatic heterocycles. The molecule has 2 atom stereocenters. The number of ether oxygens (including phenoxy) is 3. The second-order valence-corrected chi connectivity index (χ2v) is 10.8. The van der Waals surface area contributed by atoms with Gasteiger partial charge in [-0.1, -0.05) is 23.7 Å². The van der Waals surface area contributed by atoms with Gasteiger partial charge in [0.25, 0.3) is 5.91 Å². The molecule has 2 aromatic carbocycles. The van der Waals surface area contributed by atoms with Gasteiger partial charge in [-0.15, -0.1) is 0 Å². The van der Waals surface area contributed by atoms with Gasteiger partial charge in [0.05, 0.1) is 25.2 Å². The van der Waals surface area contributed by atoms with E-state index in [1.165, 1.54) is 19.2 Å². The molecular weight excluding hydrogens is 508 g/mol. The van der Waals surface area contributed by atoms with Crippen molar-refractivity contribution < 1.29 is 32.5 Å². The van der Waals surface area contributed by atoms with Crippen LogP contribution in [0.15, 0.2) is 65.3 Å². The number of halogens is 1. The molecule has 0 aliphatic carbocycles. The fourth-order valence-corrected chi connectivity index (χ4v) is 5.45. The largest absolute Gasteiger partial charge is 0.497 e. The standard InChI is InChI=1S/C25H29ClN2O7S/c1-33-21-6-8-22(9-7-21)36(31,32)28(12-14-29)13-15-34-24-17-19(18-2-4-20(26)5-3-18)16-23(35-24)25(30)27-10-11-27/h2-9,16,19,24,29H,10-15,17H2,1H3/t19-,24+/m1/s1. The fourth-order valence-electron chi connectivity index (χ4n) is 3.91.